The molecule has 0 spiro atoms. The van der Waals surface area contributed by atoms with Crippen molar-refractivity contribution in [3.8, 4) is 6.07 Å². The first-order valence-corrected chi connectivity index (χ1v) is 5.96. The Morgan fingerprint density at radius 2 is 2.12 bits per heavy atom. The van der Waals surface area contributed by atoms with E-state index in [0.717, 1.165) is 12.0 Å². The van der Waals surface area contributed by atoms with Crippen molar-refractivity contribution in [2.75, 3.05) is 0 Å². The lowest BCUT2D eigenvalue weighted by Crippen LogP contribution is -2.23. The van der Waals surface area contributed by atoms with E-state index in [4.69, 9.17) is 5.26 Å². The maximum absolute atomic E-state index is 11.5. The molecule has 0 saturated heterocycles. The predicted octanol–water partition coefficient (Wildman–Crippen LogP) is 2.63. The van der Waals surface area contributed by atoms with Gasteiger partial charge in [0.1, 0.15) is 0 Å². The largest absolute Gasteiger partial charge is 0.352 e. The van der Waals surface area contributed by atoms with E-state index in [0.29, 0.717) is 19.4 Å². The molecule has 1 aromatic carbocycles. The van der Waals surface area contributed by atoms with E-state index >= 15 is 0 Å². The maximum atomic E-state index is 11.5. The van der Waals surface area contributed by atoms with E-state index in [9.17, 15) is 4.79 Å². The molecule has 0 saturated carbocycles. The summed E-state index contributed by atoms with van der Waals surface area (Å²) in [4.78, 5) is 11.5. The van der Waals surface area contributed by atoms with Gasteiger partial charge in [0, 0.05) is 18.9 Å². The zero-order valence-electron chi connectivity index (χ0n) is 10.1. The summed E-state index contributed by atoms with van der Waals surface area (Å²) in [7, 11) is 0. The highest BCUT2D eigenvalue weighted by atomic mass is 16.1. The number of amides is 1. The Balaban J connectivity index is 2.25. The summed E-state index contributed by atoms with van der Waals surface area (Å²) in [6.07, 6.45) is 1.88. The molecule has 3 nitrogen and oxygen atoms in total. The van der Waals surface area contributed by atoms with E-state index in [-0.39, 0.29) is 11.8 Å². The van der Waals surface area contributed by atoms with Crippen molar-refractivity contribution >= 4 is 5.91 Å². The third-order valence-electron chi connectivity index (χ3n) is 2.73. The summed E-state index contributed by atoms with van der Waals surface area (Å²) < 4.78 is 0. The monoisotopic (exact) mass is 230 g/mol. The van der Waals surface area contributed by atoms with Crippen molar-refractivity contribution in [1.29, 1.82) is 5.26 Å². The quantitative estimate of drug-likeness (QED) is 0.816. The number of nitrogens with zero attached hydrogens (tertiary/aromatic N) is 1. The zero-order valence-corrected chi connectivity index (χ0v) is 10.1. The van der Waals surface area contributed by atoms with Gasteiger partial charge in [0.25, 0.3) is 0 Å². The number of nitrogens with one attached hydrogen (secondary N) is 1. The number of hydrogen-bond donors (Lipinski definition) is 1. The molecule has 1 unspecified atom stereocenters. The summed E-state index contributed by atoms with van der Waals surface area (Å²) in [5.41, 5.74) is 1.09. The number of rotatable bonds is 6. The van der Waals surface area contributed by atoms with Crippen LogP contribution < -0.4 is 5.32 Å². The SMILES string of the molecule is CCC(C#N)CCC(=O)NCc1ccccc1. The lowest BCUT2D eigenvalue weighted by atomic mass is 10.0. The molecule has 0 heterocycles. The van der Waals surface area contributed by atoms with E-state index in [1.807, 2.05) is 37.3 Å². The van der Waals surface area contributed by atoms with Crippen LogP contribution in [0.3, 0.4) is 0 Å². The zero-order chi connectivity index (χ0) is 12.5. The molecular formula is C14H18N2O. The predicted molar refractivity (Wildman–Crippen MR) is 66.9 cm³/mol. The van der Waals surface area contributed by atoms with Crippen LogP contribution in [0.5, 0.6) is 0 Å². The van der Waals surface area contributed by atoms with E-state index in [2.05, 4.69) is 11.4 Å². The maximum Gasteiger partial charge on any atom is 0.220 e. The molecule has 1 N–H and O–H groups in total. The summed E-state index contributed by atoms with van der Waals surface area (Å²) in [6.45, 7) is 2.53. The molecule has 1 aromatic rings. The molecule has 90 valence electrons. The van der Waals surface area contributed by atoms with E-state index in [1.165, 1.54) is 0 Å². The van der Waals surface area contributed by atoms with Gasteiger partial charge in [0.15, 0.2) is 0 Å². The first-order chi connectivity index (χ1) is 8.26. The van der Waals surface area contributed by atoms with Crippen molar-refractivity contribution in [2.45, 2.75) is 32.7 Å². The van der Waals surface area contributed by atoms with Crippen molar-refractivity contribution < 1.29 is 4.79 Å². The van der Waals surface area contributed by atoms with Gasteiger partial charge in [-0.05, 0) is 18.4 Å². The van der Waals surface area contributed by atoms with Gasteiger partial charge in [-0.15, -0.1) is 0 Å². The van der Waals surface area contributed by atoms with Crippen molar-refractivity contribution in [1.82, 2.24) is 5.32 Å². The molecule has 0 aromatic heterocycles. The van der Waals surface area contributed by atoms with Crippen LogP contribution in [0.1, 0.15) is 31.7 Å². The summed E-state index contributed by atoms with van der Waals surface area (Å²) in [5, 5.41) is 11.6. The van der Waals surface area contributed by atoms with Gasteiger partial charge >= 0.3 is 0 Å². The molecule has 0 fully saturated rings. The Kier molecular flexibility index (Phi) is 5.81. The van der Waals surface area contributed by atoms with Gasteiger partial charge in [-0.2, -0.15) is 5.26 Å². The molecule has 0 bridgehead atoms. The second kappa shape index (κ2) is 7.45. The summed E-state index contributed by atoms with van der Waals surface area (Å²) >= 11 is 0. The second-order valence-corrected chi connectivity index (χ2v) is 4.04. The molecule has 0 aliphatic heterocycles. The van der Waals surface area contributed by atoms with Crippen LogP contribution in [0.2, 0.25) is 0 Å². The summed E-state index contributed by atoms with van der Waals surface area (Å²) in [5.74, 6) is 0.0139. The molecule has 1 rings (SSSR count). The minimum Gasteiger partial charge on any atom is -0.352 e. The second-order valence-electron chi connectivity index (χ2n) is 4.04. The van der Waals surface area contributed by atoms with Gasteiger partial charge in [-0.25, -0.2) is 0 Å². The van der Waals surface area contributed by atoms with E-state index < -0.39 is 0 Å². The number of nitriles is 1. The average molecular weight is 230 g/mol. The van der Waals surface area contributed by atoms with E-state index in [1.54, 1.807) is 0 Å². The Hall–Kier alpha value is -1.82. The van der Waals surface area contributed by atoms with Crippen LogP contribution >= 0.6 is 0 Å². The highest BCUT2D eigenvalue weighted by Gasteiger charge is 2.08. The third-order valence-corrected chi connectivity index (χ3v) is 2.73. The van der Waals surface area contributed by atoms with Crippen molar-refractivity contribution in [3.05, 3.63) is 35.9 Å². The first kappa shape index (κ1) is 13.2. The highest BCUT2D eigenvalue weighted by molar-refractivity contribution is 5.75. The molecule has 1 atom stereocenters. The van der Waals surface area contributed by atoms with Crippen LogP contribution in [-0.4, -0.2) is 5.91 Å². The normalized spacial score (nSPS) is 11.5. The number of hydrogen-bond acceptors (Lipinski definition) is 2. The minimum atomic E-state index is -0.00234. The molecular weight excluding hydrogens is 212 g/mol. The molecule has 1 amide bonds. The van der Waals surface area contributed by atoms with Crippen LogP contribution in [0.25, 0.3) is 0 Å². The Morgan fingerprint density at radius 1 is 1.41 bits per heavy atom. The Bertz CT molecular complexity index is 381. The highest BCUT2D eigenvalue weighted by Crippen LogP contribution is 2.09. The Morgan fingerprint density at radius 3 is 2.71 bits per heavy atom. The third kappa shape index (κ3) is 5.17. The number of carbonyl (C=O) groups excluding carboxylic acids is 1. The van der Waals surface area contributed by atoms with Crippen LogP contribution in [-0.2, 0) is 11.3 Å². The summed E-state index contributed by atoms with van der Waals surface area (Å²) in [6, 6.07) is 12.0. The molecule has 17 heavy (non-hydrogen) atoms. The minimum absolute atomic E-state index is 0.00234. The molecule has 3 heteroatoms. The van der Waals surface area contributed by atoms with Gasteiger partial charge < -0.3 is 5.32 Å². The van der Waals surface area contributed by atoms with Crippen LogP contribution in [0, 0.1) is 17.2 Å². The van der Waals surface area contributed by atoms with Crippen LogP contribution in [0.4, 0.5) is 0 Å². The topological polar surface area (TPSA) is 52.9 Å². The van der Waals surface area contributed by atoms with Gasteiger partial charge in [-0.1, -0.05) is 37.3 Å². The fourth-order valence-corrected chi connectivity index (χ4v) is 1.55. The van der Waals surface area contributed by atoms with Crippen molar-refractivity contribution in [3.63, 3.8) is 0 Å². The van der Waals surface area contributed by atoms with Crippen molar-refractivity contribution in [2.24, 2.45) is 5.92 Å². The van der Waals surface area contributed by atoms with Gasteiger partial charge in [0.2, 0.25) is 5.91 Å². The number of benzene rings is 1. The van der Waals surface area contributed by atoms with Gasteiger partial charge in [0.05, 0.1) is 6.07 Å². The smallest absolute Gasteiger partial charge is 0.220 e. The average Bonchev–Trinajstić information content (AvgIpc) is 2.39. The molecule has 0 aliphatic rings. The molecule has 0 aliphatic carbocycles. The standard InChI is InChI=1S/C14H18N2O/c1-2-12(10-15)8-9-14(17)16-11-13-6-4-3-5-7-13/h3-7,12H,2,8-9,11H2,1H3,(H,16,17). The lowest BCUT2D eigenvalue weighted by Gasteiger charge is -2.07. The van der Waals surface area contributed by atoms with Crippen LogP contribution in [0.15, 0.2) is 30.3 Å². The Labute approximate surface area is 102 Å². The number of carbonyl (C=O) groups is 1. The lowest BCUT2D eigenvalue weighted by molar-refractivity contribution is -0.121. The molecule has 0 radical (unpaired) electrons. The fraction of sp³-hybridized carbons (Fsp3) is 0.429. The van der Waals surface area contributed by atoms with Gasteiger partial charge in [-0.3, -0.25) is 4.79 Å². The first-order valence-electron chi connectivity index (χ1n) is 5.96. The fourth-order valence-electron chi connectivity index (χ4n) is 1.55.